The number of methoxy groups -OCH3 is 1. The van der Waals surface area contributed by atoms with E-state index in [0.29, 0.717) is 12.0 Å². The fourth-order valence-corrected chi connectivity index (χ4v) is 4.02. The van der Waals surface area contributed by atoms with Crippen LogP contribution in [0.1, 0.15) is 29.8 Å². The summed E-state index contributed by atoms with van der Waals surface area (Å²) in [5.41, 5.74) is 2.87. The number of fused-ring (bicyclic) bond motifs is 3. The zero-order chi connectivity index (χ0) is 19.1. The molecule has 4 rings (SSSR count). The summed E-state index contributed by atoms with van der Waals surface area (Å²) in [7, 11) is 1.30. The van der Waals surface area contributed by atoms with Gasteiger partial charge in [-0.25, -0.2) is 9.18 Å². The van der Waals surface area contributed by atoms with Crippen LogP contribution in [-0.2, 0) is 20.7 Å². The first-order valence-electron chi connectivity index (χ1n) is 8.73. The van der Waals surface area contributed by atoms with Crippen LogP contribution in [0.5, 0.6) is 0 Å². The van der Waals surface area contributed by atoms with Crippen molar-refractivity contribution >= 4 is 22.8 Å². The lowest BCUT2D eigenvalue weighted by molar-refractivity contribution is -0.154. The second kappa shape index (κ2) is 6.54. The highest BCUT2D eigenvalue weighted by Crippen LogP contribution is 2.41. The number of ether oxygens (including phenoxy) is 1. The number of hydrogen-bond acceptors (Lipinski definition) is 3. The molecule has 0 saturated carbocycles. The van der Waals surface area contributed by atoms with E-state index in [0.717, 1.165) is 22.2 Å². The van der Waals surface area contributed by atoms with E-state index in [9.17, 15) is 14.0 Å². The number of para-hydroxylation sites is 1. The molecule has 0 bridgehead atoms. The van der Waals surface area contributed by atoms with Gasteiger partial charge in [0.1, 0.15) is 17.9 Å². The second-order valence-electron chi connectivity index (χ2n) is 6.66. The van der Waals surface area contributed by atoms with E-state index in [1.54, 1.807) is 18.2 Å². The number of hydrogen-bond donors (Lipinski definition) is 1. The largest absolute Gasteiger partial charge is 0.467 e. The summed E-state index contributed by atoms with van der Waals surface area (Å²) in [6.07, 6.45) is 0.316. The van der Waals surface area contributed by atoms with Gasteiger partial charge in [-0.15, -0.1) is 0 Å². The number of H-pyrrole nitrogens is 1. The van der Waals surface area contributed by atoms with Gasteiger partial charge < -0.3 is 14.6 Å². The van der Waals surface area contributed by atoms with Crippen molar-refractivity contribution < 1.29 is 18.7 Å². The predicted molar refractivity (Wildman–Crippen MR) is 98.6 cm³/mol. The number of esters is 1. The number of aromatic amines is 1. The molecule has 0 unspecified atom stereocenters. The van der Waals surface area contributed by atoms with Gasteiger partial charge in [0.2, 0.25) is 5.91 Å². The van der Waals surface area contributed by atoms with Crippen LogP contribution in [0, 0.1) is 5.82 Å². The Morgan fingerprint density at radius 3 is 2.56 bits per heavy atom. The molecule has 2 aromatic carbocycles. The Hall–Kier alpha value is -3.15. The third-order valence-electron chi connectivity index (χ3n) is 5.17. The number of halogens is 1. The number of rotatable bonds is 2. The molecule has 1 aliphatic rings. The molecule has 0 saturated heterocycles. The van der Waals surface area contributed by atoms with Crippen molar-refractivity contribution in [2.45, 2.75) is 25.4 Å². The number of benzene rings is 2. The first-order valence-corrected chi connectivity index (χ1v) is 8.73. The minimum absolute atomic E-state index is 0.316. The summed E-state index contributed by atoms with van der Waals surface area (Å²) in [5, 5.41) is 0.964. The van der Waals surface area contributed by atoms with Crippen LogP contribution in [0.4, 0.5) is 4.39 Å². The third-order valence-corrected chi connectivity index (χ3v) is 5.17. The molecule has 0 radical (unpaired) electrons. The minimum atomic E-state index is -0.816. The van der Waals surface area contributed by atoms with Crippen LogP contribution in [0.3, 0.4) is 0 Å². The maximum absolute atomic E-state index is 14.7. The van der Waals surface area contributed by atoms with Crippen LogP contribution in [0.15, 0.2) is 48.5 Å². The van der Waals surface area contributed by atoms with E-state index < -0.39 is 23.9 Å². The zero-order valence-corrected chi connectivity index (χ0v) is 15.0. The van der Waals surface area contributed by atoms with Gasteiger partial charge in [0.05, 0.1) is 7.11 Å². The van der Waals surface area contributed by atoms with Crippen molar-refractivity contribution in [3.63, 3.8) is 0 Å². The van der Waals surface area contributed by atoms with Crippen molar-refractivity contribution in [2.24, 2.45) is 0 Å². The highest BCUT2D eigenvalue weighted by molar-refractivity contribution is 5.90. The van der Waals surface area contributed by atoms with Gasteiger partial charge in [-0.1, -0.05) is 36.4 Å². The van der Waals surface area contributed by atoms with E-state index in [-0.39, 0.29) is 5.91 Å². The highest BCUT2D eigenvalue weighted by Gasteiger charge is 2.43. The third kappa shape index (κ3) is 2.68. The van der Waals surface area contributed by atoms with Gasteiger partial charge in [-0.3, -0.25) is 4.79 Å². The van der Waals surface area contributed by atoms with E-state index in [2.05, 4.69) is 4.98 Å². The van der Waals surface area contributed by atoms with E-state index in [4.69, 9.17) is 4.74 Å². The van der Waals surface area contributed by atoms with Crippen LogP contribution in [0.2, 0.25) is 0 Å². The fraction of sp³-hybridized carbons (Fsp3) is 0.238. The topological polar surface area (TPSA) is 62.4 Å². The van der Waals surface area contributed by atoms with Gasteiger partial charge in [-0.05, 0) is 17.7 Å². The maximum atomic E-state index is 14.7. The summed E-state index contributed by atoms with van der Waals surface area (Å²) in [6.45, 7) is 1.39. The highest BCUT2D eigenvalue weighted by atomic mass is 19.1. The fourth-order valence-electron chi connectivity index (χ4n) is 4.02. The molecule has 0 fully saturated rings. The van der Waals surface area contributed by atoms with Crippen LogP contribution < -0.4 is 0 Å². The molecule has 138 valence electrons. The standard InChI is InChI=1S/C21H19FN2O3/c1-12(25)24-18(21(26)27-2)11-15-13-7-4-6-10-17(13)23-19(15)20(24)14-8-3-5-9-16(14)22/h3-10,18,20,23H,11H2,1-2H3/t18-,20-/m1/s1. The predicted octanol–water partition coefficient (Wildman–Crippen LogP) is 3.34. The summed E-state index contributed by atoms with van der Waals surface area (Å²) in [6, 6.07) is 12.5. The molecule has 0 aliphatic carbocycles. The Kier molecular flexibility index (Phi) is 4.18. The van der Waals surface area contributed by atoms with Gasteiger partial charge in [0.25, 0.3) is 0 Å². The molecule has 1 aromatic heterocycles. The molecule has 5 nitrogen and oxygen atoms in total. The Bertz CT molecular complexity index is 1040. The molecule has 27 heavy (non-hydrogen) atoms. The van der Waals surface area contributed by atoms with Crippen LogP contribution in [-0.4, -0.2) is 34.9 Å². The normalized spacial score (nSPS) is 19.0. The molecule has 1 amide bonds. The number of carbonyl (C=O) groups is 2. The van der Waals surface area contributed by atoms with Gasteiger partial charge in [-0.2, -0.15) is 0 Å². The molecule has 1 aliphatic heterocycles. The summed E-state index contributed by atoms with van der Waals surface area (Å²) < 4.78 is 19.7. The second-order valence-corrected chi connectivity index (χ2v) is 6.66. The summed E-state index contributed by atoms with van der Waals surface area (Å²) in [4.78, 5) is 29.8. The lowest BCUT2D eigenvalue weighted by atomic mass is 9.87. The Labute approximate surface area is 155 Å². The van der Waals surface area contributed by atoms with Crippen molar-refractivity contribution in [1.29, 1.82) is 0 Å². The lowest BCUT2D eigenvalue weighted by Gasteiger charge is -2.40. The Morgan fingerprint density at radius 2 is 1.85 bits per heavy atom. The zero-order valence-electron chi connectivity index (χ0n) is 15.0. The number of nitrogens with one attached hydrogen (secondary N) is 1. The van der Waals surface area contributed by atoms with Crippen molar-refractivity contribution in [3.8, 4) is 0 Å². The van der Waals surface area contributed by atoms with Crippen molar-refractivity contribution in [3.05, 3.63) is 71.2 Å². The first-order chi connectivity index (χ1) is 13.0. The SMILES string of the molecule is COC(=O)[C@H]1Cc2c([nH]c3ccccc23)[C@@H](c2ccccc2F)N1C(C)=O. The summed E-state index contributed by atoms with van der Waals surface area (Å²) in [5.74, 6) is -1.26. The molecule has 0 spiro atoms. The molecule has 2 atom stereocenters. The van der Waals surface area contributed by atoms with Gasteiger partial charge in [0.15, 0.2) is 0 Å². The average molecular weight is 366 g/mol. The molecule has 1 N–H and O–H groups in total. The minimum Gasteiger partial charge on any atom is -0.467 e. The average Bonchev–Trinajstić information content (AvgIpc) is 3.05. The smallest absolute Gasteiger partial charge is 0.328 e. The molecular weight excluding hydrogens is 347 g/mol. The Morgan fingerprint density at radius 1 is 1.15 bits per heavy atom. The van der Waals surface area contributed by atoms with Crippen LogP contribution in [0.25, 0.3) is 10.9 Å². The van der Waals surface area contributed by atoms with Crippen LogP contribution >= 0.6 is 0 Å². The molecular formula is C21H19FN2O3. The van der Waals surface area contributed by atoms with Crippen molar-refractivity contribution in [1.82, 2.24) is 9.88 Å². The van der Waals surface area contributed by atoms with E-state index in [1.165, 1.54) is 25.0 Å². The number of amides is 1. The lowest BCUT2D eigenvalue weighted by Crippen LogP contribution is -2.51. The number of nitrogens with zero attached hydrogens (tertiary/aromatic N) is 1. The van der Waals surface area contributed by atoms with E-state index >= 15 is 0 Å². The molecule has 3 aromatic rings. The number of aromatic nitrogens is 1. The number of carbonyl (C=O) groups excluding carboxylic acids is 2. The molecule has 6 heteroatoms. The first kappa shape index (κ1) is 17.3. The van der Waals surface area contributed by atoms with Gasteiger partial charge in [0, 0.05) is 35.5 Å². The molecule has 2 heterocycles. The quantitative estimate of drug-likeness (QED) is 0.708. The summed E-state index contributed by atoms with van der Waals surface area (Å²) >= 11 is 0. The van der Waals surface area contributed by atoms with Gasteiger partial charge >= 0.3 is 5.97 Å². The van der Waals surface area contributed by atoms with E-state index in [1.807, 2.05) is 24.3 Å². The Balaban J connectivity index is 2.01. The van der Waals surface area contributed by atoms with Crippen molar-refractivity contribution in [2.75, 3.05) is 7.11 Å². The monoisotopic (exact) mass is 366 g/mol. The maximum Gasteiger partial charge on any atom is 0.328 e.